The molecule has 2 heterocycles. The lowest BCUT2D eigenvalue weighted by Crippen LogP contribution is -2.38. The highest BCUT2D eigenvalue weighted by Crippen LogP contribution is 2.29. The minimum absolute atomic E-state index is 0.218. The number of methoxy groups -OCH3 is 1. The maximum Gasteiger partial charge on any atom is 0.222 e. The van der Waals surface area contributed by atoms with Gasteiger partial charge in [-0.3, -0.25) is 9.78 Å². The van der Waals surface area contributed by atoms with Crippen LogP contribution >= 0.6 is 0 Å². The van der Waals surface area contributed by atoms with E-state index in [1.54, 1.807) is 13.3 Å². The van der Waals surface area contributed by atoms with Crippen LogP contribution in [0.3, 0.4) is 0 Å². The van der Waals surface area contributed by atoms with Gasteiger partial charge in [-0.1, -0.05) is 18.2 Å². The van der Waals surface area contributed by atoms with E-state index in [9.17, 15) is 4.79 Å². The van der Waals surface area contributed by atoms with Crippen LogP contribution in [0.25, 0.3) is 0 Å². The van der Waals surface area contributed by atoms with Gasteiger partial charge in [0, 0.05) is 25.1 Å². The van der Waals surface area contributed by atoms with Crippen molar-refractivity contribution in [2.45, 2.75) is 25.3 Å². The Hall–Kier alpha value is -2.36. The van der Waals surface area contributed by atoms with Crippen molar-refractivity contribution >= 4 is 5.91 Å². The Morgan fingerprint density at radius 2 is 2.05 bits per heavy atom. The summed E-state index contributed by atoms with van der Waals surface area (Å²) in [5.74, 6) is 1.46. The average molecular weight is 296 g/mol. The Morgan fingerprint density at radius 3 is 2.73 bits per heavy atom. The monoisotopic (exact) mass is 296 g/mol. The fourth-order valence-corrected chi connectivity index (χ4v) is 2.90. The summed E-state index contributed by atoms with van der Waals surface area (Å²) in [5, 5.41) is 0. The molecule has 1 aliphatic heterocycles. The maximum absolute atomic E-state index is 12.2. The second-order valence-corrected chi connectivity index (χ2v) is 5.60. The highest BCUT2D eigenvalue weighted by Gasteiger charge is 2.26. The number of hydrogen-bond acceptors (Lipinski definition) is 3. The van der Waals surface area contributed by atoms with Gasteiger partial charge in [0.05, 0.1) is 19.3 Å². The number of pyridine rings is 1. The third-order valence-electron chi connectivity index (χ3n) is 4.17. The quantitative estimate of drug-likeness (QED) is 0.871. The van der Waals surface area contributed by atoms with Crippen LogP contribution in [0.2, 0.25) is 0 Å². The molecule has 0 unspecified atom stereocenters. The molecule has 0 spiro atoms. The zero-order chi connectivity index (χ0) is 15.4. The molecule has 1 aliphatic rings. The predicted molar refractivity (Wildman–Crippen MR) is 84.6 cm³/mol. The number of nitrogens with zero attached hydrogens (tertiary/aromatic N) is 2. The van der Waals surface area contributed by atoms with Gasteiger partial charge < -0.3 is 9.64 Å². The van der Waals surface area contributed by atoms with Crippen molar-refractivity contribution in [3.63, 3.8) is 0 Å². The van der Waals surface area contributed by atoms with E-state index in [2.05, 4.69) is 17.1 Å². The summed E-state index contributed by atoms with van der Waals surface area (Å²) < 4.78 is 5.20. The highest BCUT2D eigenvalue weighted by atomic mass is 16.5. The predicted octanol–water partition coefficient (Wildman–Crippen LogP) is 3.00. The minimum Gasteiger partial charge on any atom is -0.497 e. The number of hydrogen-bond donors (Lipinski definition) is 0. The van der Waals surface area contributed by atoms with E-state index < -0.39 is 0 Å². The van der Waals surface area contributed by atoms with Gasteiger partial charge in [-0.25, -0.2) is 0 Å². The first-order valence-corrected chi connectivity index (χ1v) is 7.58. The maximum atomic E-state index is 12.2. The third-order valence-corrected chi connectivity index (χ3v) is 4.17. The number of carbonyl (C=O) groups excluding carboxylic acids is 1. The highest BCUT2D eigenvalue weighted by molar-refractivity contribution is 5.77. The fourth-order valence-electron chi connectivity index (χ4n) is 2.90. The van der Waals surface area contributed by atoms with Crippen molar-refractivity contribution in [3.8, 4) is 5.75 Å². The van der Waals surface area contributed by atoms with Crippen LogP contribution < -0.4 is 4.74 Å². The zero-order valence-corrected chi connectivity index (χ0v) is 12.7. The van der Waals surface area contributed by atoms with Crippen LogP contribution in [0.15, 0.2) is 48.7 Å². The van der Waals surface area contributed by atoms with Gasteiger partial charge in [0.1, 0.15) is 5.75 Å². The largest absolute Gasteiger partial charge is 0.497 e. The number of piperidine rings is 1. The summed E-state index contributed by atoms with van der Waals surface area (Å²) in [7, 11) is 1.67. The zero-order valence-electron chi connectivity index (χ0n) is 12.7. The summed E-state index contributed by atoms with van der Waals surface area (Å²) >= 11 is 0. The van der Waals surface area contributed by atoms with Crippen LogP contribution in [0.1, 0.15) is 30.0 Å². The number of rotatable bonds is 4. The molecule has 0 aliphatic carbocycles. The molecule has 1 atom stereocenters. The average Bonchev–Trinajstić information content (AvgIpc) is 2.58. The molecule has 0 radical (unpaired) electrons. The molecule has 0 bridgehead atoms. The van der Waals surface area contributed by atoms with E-state index in [1.807, 2.05) is 35.2 Å². The molecule has 1 fully saturated rings. The number of benzene rings is 1. The Bertz CT molecular complexity index is 625. The van der Waals surface area contributed by atoms with Gasteiger partial charge in [0.25, 0.3) is 0 Å². The summed E-state index contributed by atoms with van der Waals surface area (Å²) in [5.41, 5.74) is 2.20. The Balaban J connectivity index is 1.71. The Kier molecular flexibility index (Phi) is 4.37. The number of ether oxygens (including phenoxy) is 1. The second-order valence-electron chi connectivity index (χ2n) is 5.60. The number of carbonyl (C=O) groups is 1. The topological polar surface area (TPSA) is 42.4 Å². The van der Waals surface area contributed by atoms with E-state index in [-0.39, 0.29) is 5.91 Å². The van der Waals surface area contributed by atoms with Crippen LogP contribution in [-0.2, 0) is 11.3 Å². The van der Waals surface area contributed by atoms with Crippen molar-refractivity contribution in [3.05, 3.63) is 59.9 Å². The van der Waals surface area contributed by atoms with Gasteiger partial charge in [-0.2, -0.15) is 0 Å². The van der Waals surface area contributed by atoms with E-state index in [0.717, 1.165) is 24.4 Å². The molecule has 1 aromatic carbocycles. The second kappa shape index (κ2) is 6.60. The first-order valence-electron chi connectivity index (χ1n) is 7.58. The molecule has 1 saturated heterocycles. The van der Waals surface area contributed by atoms with Gasteiger partial charge >= 0.3 is 0 Å². The number of amides is 1. The molecule has 22 heavy (non-hydrogen) atoms. The number of aromatic nitrogens is 1. The molecule has 2 aromatic rings. The van der Waals surface area contributed by atoms with E-state index in [1.165, 1.54) is 5.56 Å². The molecule has 3 rings (SSSR count). The van der Waals surface area contributed by atoms with Crippen molar-refractivity contribution < 1.29 is 9.53 Å². The molecule has 0 saturated carbocycles. The van der Waals surface area contributed by atoms with E-state index in [4.69, 9.17) is 4.74 Å². The van der Waals surface area contributed by atoms with Crippen LogP contribution in [-0.4, -0.2) is 29.4 Å². The van der Waals surface area contributed by atoms with Gasteiger partial charge in [-0.15, -0.1) is 0 Å². The first-order chi connectivity index (χ1) is 10.8. The molecular formula is C18H20N2O2. The fraction of sp³-hybridized carbons (Fsp3) is 0.333. The van der Waals surface area contributed by atoms with E-state index >= 15 is 0 Å². The minimum atomic E-state index is 0.218. The van der Waals surface area contributed by atoms with Crippen LogP contribution in [0, 0.1) is 0 Å². The molecule has 1 aromatic heterocycles. The molecule has 114 valence electrons. The lowest BCUT2D eigenvalue weighted by Gasteiger charge is -2.32. The smallest absolute Gasteiger partial charge is 0.222 e. The van der Waals surface area contributed by atoms with Gasteiger partial charge in [-0.05, 0) is 36.2 Å². The molecule has 0 N–H and O–H groups in total. The first kappa shape index (κ1) is 14.6. The normalized spacial score (nSPS) is 18.3. The van der Waals surface area contributed by atoms with Crippen LogP contribution in [0.5, 0.6) is 5.75 Å². The number of likely N-dealkylation sites (tertiary alicyclic amines) is 1. The summed E-state index contributed by atoms with van der Waals surface area (Å²) in [6, 6.07) is 14.0. The van der Waals surface area contributed by atoms with Gasteiger partial charge in [0.15, 0.2) is 0 Å². The van der Waals surface area contributed by atoms with Crippen LogP contribution in [0.4, 0.5) is 0 Å². The Morgan fingerprint density at radius 1 is 1.23 bits per heavy atom. The van der Waals surface area contributed by atoms with Crippen molar-refractivity contribution in [2.24, 2.45) is 0 Å². The standard InChI is InChI=1S/C18H20N2O2/c1-22-17-8-5-14(6-9-17)15-7-10-18(21)20(12-15)13-16-4-2-3-11-19-16/h2-6,8-9,11,15H,7,10,12-13H2,1H3/t15-/m0/s1. The molecule has 4 nitrogen and oxygen atoms in total. The summed E-state index contributed by atoms with van der Waals surface area (Å²) in [6.45, 7) is 1.34. The third kappa shape index (κ3) is 3.27. The summed E-state index contributed by atoms with van der Waals surface area (Å²) in [4.78, 5) is 18.4. The van der Waals surface area contributed by atoms with Crippen molar-refractivity contribution in [2.75, 3.05) is 13.7 Å². The Labute approximate surface area is 130 Å². The lowest BCUT2D eigenvalue weighted by molar-refractivity contribution is -0.134. The molecular weight excluding hydrogens is 276 g/mol. The van der Waals surface area contributed by atoms with Crippen molar-refractivity contribution in [1.82, 2.24) is 9.88 Å². The molecule has 4 heteroatoms. The summed E-state index contributed by atoms with van der Waals surface area (Å²) in [6.07, 6.45) is 3.28. The van der Waals surface area contributed by atoms with Gasteiger partial charge in [0.2, 0.25) is 5.91 Å². The molecule has 1 amide bonds. The SMILES string of the molecule is COc1ccc([C@H]2CCC(=O)N(Cc3ccccn3)C2)cc1. The van der Waals surface area contributed by atoms with Crippen molar-refractivity contribution in [1.29, 1.82) is 0 Å². The van der Waals surface area contributed by atoms with E-state index in [0.29, 0.717) is 18.9 Å². The lowest BCUT2D eigenvalue weighted by atomic mass is 9.90.